The number of ether oxygens (including phenoxy) is 1. The number of guanidine groups is 1. The lowest BCUT2D eigenvalue weighted by Gasteiger charge is -2.19. The van der Waals surface area contributed by atoms with E-state index in [1.54, 1.807) is 25.4 Å². The first-order chi connectivity index (χ1) is 12.7. The van der Waals surface area contributed by atoms with Crippen molar-refractivity contribution in [3.05, 3.63) is 59.5 Å². The normalized spacial score (nSPS) is 15.4. The summed E-state index contributed by atoms with van der Waals surface area (Å²) in [5.41, 5.74) is 1.98. The van der Waals surface area contributed by atoms with Crippen LogP contribution in [0.25, 0.3) is 0 Å². The van der Waals surface area contributed by atoms with Crippen LogP contribution in [0.15, 0.2) is 47.6 Å². The largest absolute Gasteiger partial charge is 0.481 e. The van der Waals surface area contributed by atoms with Crippen LogP contribution in [-0.2, 0) is 12.0 Å². The zero-order chi connectivity index (χ0) is 18.4. The molecule has 138 valence electrons. The van der Waals surface area contributed by atoms with Gasteiger partial charge in [0.2, 0.25) is 5.88 Å². The standard InChI is InChI=1S/C20H25FN4O/c1-3-22-19(24-13-15-6-5-11-23-18(15)26-2)25-14-20(9-10-20)16-7-4-8-17(21)12-16/h4-8,11-12H,3,9-10,13-14H2,1-2H3,(H2,22,24,25). The fraction of sp³-hybridized carbons (Fsp3) is 0.400. The van der Waals surface area contributed by atoms with Gasteiger partial charge in [0.25, 0.3) is 0 Å². The van der Waals surface area contributed by atoms with Crippen LogP contribution in [0, 0.1) is 5.82 Å². The molecule has 0 saturated heterocycles. The number of rotatable bonds is 7. The van der Waals surface area contributed by atoms with E-state index in [4.69, 9.17) is 4.74 Å². The van der Waals surface area contributed by atoms with Crippen molar-refractivity contribution in [3.63, 3.8) is 0 Å². The smallest absolute Gasteiger partial charge is 0.218 e. The van der Waals surface area contributed by atoms with Crippen molar-refractivity contribution in [1.29, 1.82) is 0 Å². The molecule has 1 aliphatic rings. The molecule has 1 aliphatic carbocycles. The van der Waals surface area contributed by atoms with Crippen LogP contribution in [0.5, 0.6) is 5.88 Å². The third-order valence-corrected chi connectivity index (χ3v) is 4.68. The topological polar surface area (TPSA) is 58.5 Å². The fourth-order valence-electron chi connectivity index (χ4n) is 3.02. The molecule has 26 heavy (non-hydrogen) atoms. The van der Waals surface area contributed by atoms with Gasteiger partial charge in [-0.3, -0.25) is 0 Å². The minimum Gasteiger partial charge on any atom is -0.481 e. The number of methoxy groups -OCH3 is 1. The van der Waals surface area contributed by atoms with Crippen LogP contribution in [0.4, 0.5) is 4.39 Å². The van der Waals surface area contributed by atoms with E-state index >= 15 is 0 Å². The van der Waals surface area contributed by atoms with Crippen molar-refractivity contribution in [2.24, 2.45) is 4.99 Å². The summed E-state index contributed by atoms with van der Waals surface area (Å²) in [5, 5.41) is 6.66. The van der Waals surface area contributed by atoms with E-state index in [2.05, 4.69) is 20.6 Å². The predicted molar refractivity (Wildman–Crippen MR) is 101 cm³/mol. The molecule has 0 spiro atoms. The quantitative estimate of drug-likeness (QED) is 0.591. The summed E-state index contributed by atoms with van der Waals surface area (Å²) in [7, 11) is 1.61. The van der Waals surface area contributed by atoms with Crippen LogP contribution in [0.3, 0.4) is 0 Å². The van der Waals surface area contributed by atoms with E-state index in [0.717, 1.165) is 43.0 Å². The van der Waals surface area contributed by atoms with Crippen LogP contribution in [0.1, 0.15) is 30.9 Å². The first-order valence-electron chi connectivity index (χ1n) is 8.93. The second-order valence-electron chi connectivity index (χ2n) is 6.51. The highest BCUT2D eigenvalue weighted by Crippen LogP contribution is 2.47. The Morgan fingerprint density at radius 1 is 1.27 bits per heavy atom. The number of halogens is 1. The SMILES string of the molecule is CCNC(=NCc1cccnc1OC)NCC1(c2cccc(F)c2)CC1. The minimum absolute atomic E-state index is 0.00425. The van der Waals surface area contributed by atoms with Gasteiger partial charge in [-0.25, -0.2) is 14.4 Å². The molecule has 0 radical (unpaired) electrons. The summed E-state index contributed by atoms with van der Waals surface area (Å²) in [4.78, 5) is 8.83. The first kappa shape index (κ1) is 18.2. The summed E-state index contributed by atoms with van der Waals surface area (Å²) in [6.45, 7) is 4.00. The Morgan fingerprint density at radius 2 is 2.12 bits per heavy atom. The van der Waals surface area contributed by atoms with Gasteiger partial charge in [-0.2, -0.15) is 0 Å². The van der Waals surface area contributed by atoms with Gasteiger partial charge in [0.1, 0.15) is 5.82 Å². The van der Waals surface area contributed by atoms with E-state index < -0.39 is 0 Å². The fourth-order valence-corrected chi connectivity index (χ4v) is 3.02. The third kappa shape index (κ3) is 4.31. The van der Waals surface area contributed by atoms with Crippen molar-refractivity contribution >= 4 is 5.96 Å². The number of pyridine rings is 1. The second kappa shape index (κ2) is 8.17. The molecule has 0 unspecified atom stereocenters. The summed E-state index contributed by atoms with van der Waals surface area (Å²) in [5.74, 6) is 1.14. The maximum atomic E-state index is 13.6. The van der Waals surface area contributed by atoms with Crippen molar-refractivity contribution in [1.82, 2.24) is 15.6 Å². The van der Waals surface area contributed by atoms with Gasteiger partial charge in [0.15, 0.2) is 5.96 Å². The van der Waals surface area contributed by atoms with Crippen molar-refractivity contribution < 1.29 is 9.13 Å². The molecule has 1 fully saturated rings. The molecular formula is C20H25FN4O. The van der Waals surface area contributed by atoms with Gasteiger partial charge in [-0.05, 0) is 43.5 Å². The van der Waals surface area contributed by atoms with Gasteiger partial charge in [-0.15, -0.1) is 0 Å². The summed E-state index contributed by atoms with van der Waals surface area (Å²) < 4.78 is 18.8. The van der Waals surface area contributed by atoms with Crippen molar-refractivity contribution in [3.8, 4) is 5.88 Å². The molecule has 1 heterocycles. The lowest BCUT2D eigenvalue weighted by Crippen LogP contribution is -2.41. The number of aliphatic imine (C=N–C) groups is 1. The van der Waals surface area contributed by atoms with E-state index in [0.29, 0.717) is 12.4 Å². The van der Waals surface area contributed by atoms with Gasteiger partial charge in [0.05, 0.1) is 13.7 Å². The molecule has 1 aromatic heterocycles. The maximum Gasteiger partial charge on any atom is 0.218 e. The summed E-state index contributed by atoms with van der Waals surface area (Å²) >= 11 is 0. The Morgan fingerprint density at radius 3 is 2.81 bits per heavy atom. The highest BCUT2D eigenvalue weighted by molar-refractivity contribution is 5.80. The molecule has 6 heteroatoms. The third-order valence-electron chi connectivity index (χ3n) is 4.68. The van der Waals surface area contributed by atoms with E-state index in [-0.39, 0.29) is 11.2 Å². The van der Waals surface area contributed by atoms with E-state index in [1.807, 2.05) is 25.1 Å². The second-order valence-corrected chi connectivity index (χ2v) is 6.51. The van der Waals surface area contributed by atoms with Crippen LogP contribution < -0.4 is 15.4 Å². The molecule has 0 aliphatic heterocycles. The Hall–Kier alpha value is -2.63. The van der Waals surface area contributed by atoms with Crippen molar-refractivity contribution in [2.45, 2.75) is 31.7 Å². The Kier molecular flexibility index (Phi) is 5.71. The Balaban J connectivity index is 1.67. The number of nitrogens with one attached hydrogen (secondary N) is 2. The molecule has 0 amide bonds. The lowest BCUT2D eigenvalue weighted by atomic mass is 9.96. The molecule has 0 atom stereocenters. The van der Waals surface area contributed by atoms with Crippen molar-refractivity contribution in [2.75, 3.05) is 20.2 Å². The molecular weight excluding hydrogens is 331 g/mol. The molecule has 3 rings (SSSR count). The molecule has 1 saturated carbocycles. The predicted octanol–water partition coefficient (Wildman–Crippen LogP) is 3.02. The Bertz CT molecular complexity index is 774. The zero-order valence-corrected chi connectivity index (χ0v) is 15.3. The highest BCUT2D eigenvalue weighted by atomic mass is 19.1. The number of benzene rings is 1. The average Bonchev–Trinajstić information content (AvgIpc) is 3.45. The number of nitrogens with zero attached hydrogens (tertiary/aromatic N) is 2. The van der Waals surface area contributed by atoms with Crippen LogP contribution in [0.2, 0.25) is 0 Å². The molecule has 1 aromatic carbocycles. The average molecular weight is 356 g/mol. The van der Waals surface area contributed by atoms with E-state index in [9.17, 15) is 4.39 Å². The first-order valence-corrected chi connectivity index (χ1v) is 8.93. The highest BCUT2D eigenvalue weighted by Gasteiger charge is 2.44. The molecule has 2 N–H and O–H groups in total. The maximum absolute atomic E-state index is 13.6. The number of aromatic nitrogens is 1. The number of hydrogen-bond donors (Lipinski definition) is 2. The molecule has 0 bridgehead atoms. The summed E-state index contributed by atoms with van der Waals surface area (Å²) in [6, 6.07) is 10.7. The summed E-state index contributed by atoms with van der Waals surface area (Å²) in [6.07, 6.45) is 3.81. The lowest BCUT2D eigenvalue weighted by molar-refractivity contribution is 0.392. The van der Waals surface area contributed by atoms with Crippen LogP contribution in [-0.4, -0.2) is 31.1 Å². The molecule has 5 nitrogen and oxygen atoms in total. The number of hydrogen-bond acceptors (Lipinski definition) is 3. The van der Waals surface area contributed by atoms with Gasteiger partial charge in [0, 0.05) is 30.3 Å². The van der Waals surface area contributed by atoms with Gasteiger partial charge >= 0.3 is 0 Å². The molecule has 2 aromatic rings. The van der Waals surface area contributed by atoms with E-state index in [1.165, 1.54) is 6.07 Å². The zero-order valence-electron chi connectivity index (χ0n) is 15.3. The van der Waals surface area contributed by atoms with Gasteiger partial charge < -0.3 is 15.4 Å². The Labute approximate surface area is 153 Å². The monoisotopic (exact) mass is 356 g/mol. The van der Waals surface area contributed by atoms with Crippen LogP contribution >= 0.6 is 0 Å². The minimum atomic E-state index is -0.182. The van der Waals surface area contributed by atoms with Gasteiger partial charge in [-0.1, -0.05) is 18.2 Å².